The summed E-state index contributed by atoms with van der Waals surface area (Å²) in [6, 6.07) is 6.05. The highest BCUT2D eigenvalue weighted by Crippen LogP contribution is 2.21. The molecule has 27 heavy (non-hydrogen) atoms. The minimum Gasteiger partial charge on any atom is -0.462 e. The molecule has 1 N–H and O–H groups in total. The summed E-state index contributed by atoms with van der Waals surface area (Å²) in [5.74, 6) is -1.41. The molecule has 0 aromatic heterocycles. The van der Waals surface area contributed by atoms with E-state index in [4.69, 9.17) is 14.2 Å². The molecule has 0 radical (unpaired) electrons. The highest BCUT2D eigenvalue weighted by Gasteiger charge is 2.21. The van der Waals surface area contributed by atoms with Gasteiger partial charge in [-0.1, -0.05) is 6.07 Å². The predicted molar refractivity (Wildman–Crippen MR) is 110 cm³/mol. The van der Waals surface area contributed by atoms with E-state index >= 15 is 0 Å². The molecule has 7 nitrogen and oxygen atoms in total. The Bertz CT molecular complexity index is 667. The second kappa shape index (κ2) is 11.3. The van der Waals surface area contributed by atoms with Crippen molar-refractivity contribution in [2.75, 3.05) is 44.8 Å². The minimum absolute atomic E-state index is 0.160. The Balaban J connectivity index is 2.08. The van der Waals surface area contributed by atoms with Gasteiger partial charge in [-0.15, -0.1) is 0 Å². The fourth-order valence-corrected chi connectivity index (χ4v) is 3.30. The van der Waals surface area contributed by atoms with Crippen molar-refractivity contribution in [2.45, 2.75) is 20.4 Å². The van der Waals surface area contributed by atoms with Crippen LogP contribution in [0.15, 0.2) is 30.0 Å². The van der Waals surface area contributed by atoms with Crippen molar-refractivity contribution >= 4 is 40.2 Å². The van der Waals surface area contributed by atoms with E-state index in [-0.39, 0.29) is 18.8 Å². The number of benzene rings is 1. The third-order valence-corrected chi connectivity index (χ3v) is 4.80. The van der Waals surface area contributed by atoms with Crippen molar-refractivity contribution in [1.82, 2.24) is 4.90 Å². The molecule has 0 unspecified atom stereocenters. The smallest absolute Gasteiger partial charge is 0.347 e. The molecule has 0 amide bonds. The van der Waals surface area contributed by atoms with Gasteiger partial charge in [-0.3, -0.25) is 4.90 Å². The average molecular weight is 488 g/mol. The van der Waals surface area contributed by atoms with Gasteiger partial charge in [-0.25, -0.2) is 9.59 Å². The molecule has 0 bridgehead atoms. The summed E-state index contributed by atoms with van der Waals surface area (Å²) in [7, 11) is 0. The van der Waals surface area contributed by atoms with E-state index < -0.39 is 11.9 Å². The highest BCUT2D eigenvalue weighted by atomic mass is 127. The van der Waals surface area contributed by atoms with Gasteiger partial charge in [0.05, 0.1) is 32.1 Å². The molecule has 1 aromatic carbocycles. The van der Waals surface area contributed by atoms with E-state index in [0.717, 1.165) is 42.1 Å². The average Bonchev–Trinajstić information content (AvgIpc) is 2.65. The maximum absolute atomic E-state index is 12.0. The summed E-state index contributed by atoms with van der Waals surface area (Å²) < 4.78 is 16.2. The van der Waals surface area contributed by atoms with E-state index in [0.29, 0.717) is 0 Å². The second-order valence-electron chi connectivity index (χ2n) is 5.85. The van der Waals surface area contributed by atoms with Crippen LogP contribution >= 0.6 is 22.6 Å². The number of anilines is 1. The number of nitrogens with one attached hydrogen (secondary N) is 1. The van der Waals surface area contributed by atoms with Crippen LogP contribution in [-0.2, 0) is 30.3 Å². The van der Waals surface area contributed by atoms with Gasteiger partial charge in [-0.05, 0) is 54.1 Å². The van der Waals surface area contributed by atoms with Gasteiger partial charge < -0.3 is 19.5 Å². The fraction of sp³-hybridized carbons (Fsp3) is 0.474. The van der Waals surface area contributed by atoms with Crippen LogP contribution < -0.4 is 5.32 Å². The largest absolute Gasteiger partial charge is 0.462 e. The van der Waals surface area contributed by atoms with Gasteiger partial charge in [0.1, 0.15) is 0 Å². The van der Waals surface area contributed by atoms with Crippen LogP contribution in [0.2, 0.25) is 0 Å². The summed E-state index contributed by atoms with van der Waals surface area (Å²) in [4.78, 5) is 26.3. The maximum Gasteiger partial charge on any atom is 0.347 e. The van der Waals surface area contributed by atoms with Crippen molar-refractivity contribution in [3.05, 3.63) is 39.1 Å². The lowest BCUT2D eigenvalue weighted by Crippen LogP contribution is -2.35. The Morgan fingerprint density at radius 3 is 2.37 bits per heavy atom. The first-order valence-corrected chi connectivity index (χ1v) is 10.0. The van der Waals surface area contributed by atoms with Gasteiger partial charge in [0, 0.05) is 29.4 Å². The predicted octanol–water partition coefficient (Wildman–Crippen LogP) is 2.55. The Morgan fingerprint density at radius 1 is 1.19 bits per heavy atom. The first-order valence-electron chi connectivity index (χ1n) is 8.94. The maximum atomic E-state index is 12.0. The van der Waals surface area contributed by atoms with Crippen LogP contribution in [0.1, 0.15) is 19.4 Å². The van der Waals surface area contributed by atoms with Crippen LogP contribution in [0.3, 0.4) is 0 Å². The number of hydrogen-bond donors (Lipinski definition) is 1. The van der Waals surface area contributed by atoms with Crippen molar-refractivity contribution < 1.29 is 23.8 Å². The molecular weight excluding hydrogens is 463 g/mol. The van der Waals surface area contributed by atoms with Crippen LogP contribution in [-0.4, -0.2) is 56.4 Å². The van der Waals surface area contributed by atoms with Crippen LogP contribution in [0.25, 0.3) is 0 Å². The van der Waals surface area contributed by atoms with Gasteiger partial charge in [0.25, 0.3) is 0 Å². The lowest BCUT2D eigenvalue weighted by atomic mass is 10.2. The molecule has 148 valence electrons. The van der Waals surface area contributed by atoms with Crippen molar-refractivity contribution in [2.24, 2.45) is 0 Å². The van der Waals surface area contributed by atoms with Gasteiger partial charge >= 0.3 is 11.9 Å². The molecule has 1 aromatic rings. The minimum atomic E-state index is -0.706. The Labute approximate surface area is 173 Å². The van der Waals surface area contributed by atoms with Gasteiger partial charge in [0.2, 0.25) is 0 Å². The molecular formula is C19H25IN2O5. The van der Waals surface area contributed by atoms with Crippen molar-refractivity contribution in [3.63, 3.8) is 0 Å². The molecule has 0 spiro atoms. The lowest BCUT2D eigenvalue weighted by molar-refractivity contribution is -0.146. The summed E-state index contributed by atoms with van der Waals surface area (Å²) in [5.41, 5.74) is 1.84. The zero-order valence-electron chi connectivity index (χ0n) is 15.6. The number of carbonyl (C=O) groups excluding carboxylic acids is 2. The van der Waals surface area contributed by atoms with E-state index in [9.17, 15) is 9.59 Å². The Hall–Kier alpha value is -1.65. The molecule has 1 saturated heterocycles. The number of esters is 2. The summed E-state index contributed by atoms with van der Waals surface area (Å²) >= 11 is 2.23. The molecule has 1 aliphatic rings. The van der Waals surface area contributed by atoms with Crippen LogP contribution in [0.5, 0.6) is 0 Å². The molecule has 1 aliphatic heterocycles. The Morgan fingerprint density at radius 2 is 1.81 bits per heavy atom. The number of carbonyl (C=O) groups is 2. The fourth-order valence-electron chi connectivity index (χ4n) is 2.56. The highest BCUT2D eigenvalue weighted by molar-refractivity contribution is 14.1. The number of morpholine rings is 1. The normalized spacial score (nSPS) is 14.3. The number of nitrogens with zero attached hydrogens (tertiary/aromatic N) is 1. The molecule has 1 fully saturated rings. The Kier molecular flexibility index (Phi) is 9.02. The molecule has 0 aliphatic carbocycles. The summed E-state index contributed by atoms with van der Waals surface area (Å²) in [6.45, 7) is 8.01. The third-order valence-electron chi connectivity index (χ3n) is 3.91. The molecule has 0 saturated carbocycles. The first-order chi connectivity index (χ1) is 13.0. The molecule has 1 heterocycles. The third kappa shape index (κ3) is 6.78. The van der Waals surface area contributed by atoms with Gasteiger partial charge in [0.15, 0.2) is 5.57 Å². The van der Waals surface area contributed by atoms with Crippen molar-refractivity contribution in [1.29, 1.82) is 0 Å². The molecule has 2 rings (SSSR count). The van der Waals surface area contributed by atoms with Crippen LogP contribution in [0.4, 0.5) is 5.69 Å². The van der Waals surface area contributed by atoms with Crippen LogP contribution in [0, 0.1) is 3.57 Å². The van der Waals surface area contributed by atoms with Crippen molar-refractivity contribution in [3.8, 4) is 0 Å². The topological polar surface area (TPSA) is 77.1 Å². The monoisotopic (exact) mass is 488 g/mol. The summed E-state index contributed by atoms with van der Waals surface area (Å²) in [6.07, 6.45) is 1.34. The zero-order chi connectivity index (χ0) is 19.6. The SMILES string of the molecule is CCOC(=O)C(=CNc1ccc(CN2CCOCC2)cc1I)C(=O)OCC. The number of rotatable bonds is 8. The standard InChI is InChI=1S/C19H25IN2O5/c1-3-26-18(23)15(19(24)27-4-2)12-21-17-6-5-14(11-16(17)20)13-22-7-9-25-10-8-22/h5-6,11-12,21H,3-4,7-10,13H2,1-2H3. The van der Waals surface area contributed by atoms with Gasteiger partial charge in [-0.2, -0.15) is 0 Å². The second-order valence-corrected chi connectivity index (χ2v) is 7.01. The lowest BCUT2D eigenvalue weighted by Gasteiger charge is -2.26. The van der Waals surface area contributed by atoms with E-state index in [1.165, 1.54) is 11.8 Å². The number of hydrogen-bond acceptors (Lipinski definition) is 7. The first kappa shape index (κ1) is 21.6. The number of halogens is 1. The quantitative estimate of drug-likeness (QED) is 0.198. The summed E-state index contributed by atoms with van der Waals surface area (Å²) in [5, 5.41) is 3.02. The van der Waals surface area contributed by atoms with E-state index in [1.807, 2.05) is 12.1 Å². The van der Waals surface area contributed by atoms with E-state index in [1.54, 1.807) is 13.8 Å². The zero-order valence-corrected chi connectivity index (χ0v) is 17.8. The number of ether oxygens (including phenoxy) is 3. The van der Waals surface area contributed by atoms with E-state index in [2.05, 4.69) is 38.9 Å². The molecule has 0 atom stereocenters. The molecule has 8 heteroatoms.